The third-order valence-electron chi connectivity index (χ3n) is 4.66. The van der Waals surface area contributed by atoms with Crippen LogP contribution in [0.5, 0.6) is 0 Å². The van der Waals surface area contributed by atoms with Gasteiger partial charge >= 0.3 is 0 Å². The largest absolute Gasteiger partial charge is 0.396 e. The first-order valence-corrected chi connectivity index (χ1v) is 9.44. The van der Waals surface area contributed by atoms with E-state index >= 15 is 0 Å². The van der Waals surface area contributed by atoms with Gasteiger partial charge in [-0.3, -0.25) is 9.48 Å². The summed E-state index contributed by atoms with van der Waals surface area (Å²) in [6.45, 7) is 0.262. The Balaban J connectivity index is 1.49. The zero-order valence-corrected chi connectivity index (χ0v) is 16.4. The molecule has 0 aliphatic carbocycles. The van der Waals surface area contributed by atoms with E-state index in [1.165, 1.54) is 12.3 Å². The number of amides is 1. The average Bonchev–Trinajstić information content (AvgIpc) is 3.22. The van der Waals surface area contributed by atoms with Crippen LogP contribution in [0.2, 0.25) is 0 Å². The molecular weight excluding hydrogens is 397 g/mol. The first-order chi connectivity index (χ1) is 15.0. The van der Waals surface area contributed by atoms with Crippen LogP contribution in [-0.2, 0) is 6.54 Å². The van der Waals surface area contributed by atoms with Crippen LogP contribution in [0.15, 0.2) is 73.1 Å². The Bertz CT molecular complexity index is 1240. The lowest BCUT2D eigenvalue weighted by atomic mass is 10.1. The normalized spacial score (nSPS) is 10.6. The SMILES string of the molecule is NNc1nc(-c2cccc(C(=O)Nc3cnn(Cc4ccccc4F)c3)c2)ccc1N. The van der Waals surface area contributed by atoms with E-state index in [4.69, 9.17) is 11.6 Å². The average molecular weight is 417 g/mol. The molecule has 0 fully saturated rings. The van der Waals surface area contributed by atoms with Crippen LogP contribution < -0.4 is 22.3 Å². The Kier molecular flexibility index (Phi) is 5.59. The number of anilines is 3. The molecule has 2 heterocycles. The Hall–Kier alpha value is -4.24. The van der Waals surface area contributed by atoms with Gasteiger partial charge in [-0.1, -0.05) is 30.3 Å². The predicted molar refractivity (Wildman–Crippen MR) is 118 cm³/mol. The molecule has 0 aliphatic heterocycles. The number of hydrogen-bond acceptors (Lipinski definition) is 6. The number of carbonyl (C=O) groups excluding carboxylic acids is 1. The summed E-state index contributed by atoms with van der Waals surface area (Å²) in [5, 5.41) is 6.99. The fourth-order valence-electron chi connectivity index (χ4n) is 3.09. The van der Waals surface area contributed by atoms with Crippen LogP contribution in [0.3, 0.4) is 0 Å². The van der Waals surface area contributed by atoms with E-state index in [2.05, 4.69) is 20.8 Å². The fraction of sp³-hybridized carbons (Fsp3) is 0.0455. The summed E-state index contributed by atoms with van der Waals surface area (Å²) in [6, 6.07) is 16.9. The van der Waals surface area contributed by atoms with Crippen molar-refractivity contribution in [1.29, 1.82) is 0 Å². The van der Waals surface area contributed by atoms with E-state index in [-0.39, 0.29) is 18.3 Å². The highest BCUT2D eigenvalue weighted by atomic mass is 19.1. The standard InChI is InChI=1S/C22H20FN7O/c23-18-7-2-1-4-16(18)12-30-13-17(11-26-30)27-22(31)15-6-3-5-14(10-15)20-9-8-19(24)21(28-20)29-25/h1-11,13H,12,24-25H2,(H,27,31)(H,28,29). The Morgan fingerprint density at radius 1 is 1.10 bits per heavy atom. The molecule has 0 saturated heterocycles. The van der Waals surface area contributed by atoms with Crippen LogP contribution in [0, 0.1) is 5.82 Å². The molecule has 0 aliphatic rings. The predicted octanol–water partition coefficient (Wildman–Crippen LogP) is 3.25. The zero-order chi connectivity index (χ0) is 21.8. The van der Waals surface area contributed by atoms with Crippen molar-refractivity contribution >= 4 is 23.1 Å². The molecule has 4 rings (SSSR count). The number of pyridine rings is 1. The van der Waals surface area contributed by atoms with E-state index in [1.807, 2.05) is 6.07 Å². The van der Waals surface area contributed by atoms with Crippen LogP contribution in [-0.4, -0.2) is 20.7 Å². The molecule has 1 amide bonds. The molecule has 8 nitrogen and oxygen atoms in total. The monoisotopic (exact) mass is 417 g/mol. The number of nitrogen functional groups attached to an aromatic ring is 2. The topological polar surface area (TPSA) is 124 Å². The lowest BCUT2D eigenvalue weighted by Gasteiger charge is -2.08. The quantitative estimate of drug-likeness (QED) is 0.282. The third-order valence-corrected chi connectivity index (χ3v) is 4.66. The van der Waals surface area contributed by atoms with Gasteiger partial charge in [0.2, 0.25) is 0 Å². The number of nitrogens with one attached hydrogen (secondary N) is 2. The second kappa shape index (κ2) is 8.64. The number of nitrogens with two attached hydrogens (primary N) is 2. The molecule has 0 spiro atoms. The molecule has 9 heteroatoms. The number of rotatable bonds is 6. The van der Waals surface area contributed by atoms with Crippen molar-refractivity contribution in [3.63, 3.8) is 0 Å². The van der Waals surface area contributed by atoms with Crippen LogP contribution in [0.4, 0.5) is 21.6 Å². The molecule has 2 aromatic heterocycles. The van der Waals surface area contributed by atoms with E-state index < -0.39 is 0 Å². The maximum Gasteiger partial charge on any atom is 0.255 e. The number of halogens is 1. The van der Waals surface area contributed by atoms with E-state index in [0.29, 0.717) is 34.0 Å². The van der Waals surface area contributed by atoms with Crippen molar-refractivity contribution in [2.75, 3.05) is 16.5 Å². The Labute approximate surface area is 177 Å². The maximum atomic E-state index is 13.8. The molecule has 156 valence electrons. The smallest absolute Gasteiger partial charge is 0.255 e. The molecule has 6 N–H and O–H groups in total. The number of aromatic nitrogens is 3. The van der Waals surface area contributed by atoms with Gasteiger partial charge in [-0.05, 0) is 30.3 Å². The summed E-state index contributed by atoms with van der Waals surface area (Å²) in [5.41, 5.74) is 11.5. The third kappa shape index (κ3) is 4.51. The van der Waals surface area contributed by atoms with Gasteiger partial charge < -0.3 is 16.5 Å². The Morgan fingerprint density at radius 2 is 1.94 bits per heavy atom. The highest BCUT2D eigenvalue weighted by molar-refractivity contribution is 6.04. The first kappa shape index (κ1) is 20.0. The molecule has 31 heavy (non-hydrogen) atoms. The fourth-order valence-corrected chi connectivity index (χ4v) is 3.09. The van der Waals surface area contributed by atoms with Gasteiger partial charge in [-0.2, -0.15) is 5.10 Å². The molecule has 0 atom stereocenters. The lowest BCUT2D eigenvalue weighted by molar-refractivity contribution is 0.102. The highest BCUT2D eigenvalue weighted by Crippen LogP contribution is 2.24. The summed E-state index contributed by atoms with van der Waals surface area (Å²) >= 11 is 0. The number of hydrazine groups is 1. The molecular formula is C22H20FN7O. The molecule has 0 bridgehead atoms. The minimum atomic E-state index is -0.306. The van der Waals surface area contributed by atoms with E-state index in [1.54, 1.807) is 59.4 Å². The number of hydrogen-bond donors (Lipinski definition) is 4. The van der Waals surface area contributed by atoms with Gasteiger partial charge in [0.25, 0.3) is 5.91 Å². The maximum absolute atomic E-state index is 13.8. The highest BCUT2D eigenvalue weighted by Gasteiger charge is 2.11. The van der Waals surface area contributed by atoms with E-state index in [9.17, 15) is 9.18 Å². The van der Waals surface area contributed by atoms with Crippen LogP contribution in [0.25, 0.3) is 11.3 Å². The van der Waals surface area contributed by atoms with Crippen LogP contribution >= 0.6 is 0 Å². The van der Waals surface area contributed by atoms with Gasteiger partial charge in [-0.25, -0.2) is 15.2 Å². The van der Waals surface area contributed by atoms with Gasteiger partial charge in [0.1, 0.15) is 5.82 Å². The number of benzene rings is 2. The minimum absolute atomic E-state index is 0.262. The van der Waals surface area contributed by atoms with Crippen molar-refractivity contribution in [3.8, 4) is 11.3 Å². The number of nitrogens with zero attached hydrogens (tertiary/aromatic N) is 3. The first-order valence-electron chi connectivity index (χ1n) is 9.44. The summed E-state index contributed by atoms with van der Waals surface area (Å²) in [7, 11) is 0. The summed E-state index contributed by atoms with van der Waals surface area (Å²) in [6.07, 6.45) is 3.16. The molecule has 0 radical (unpaired) electrons. The molecule has 4 aromatic rings. The van der Waals surface area contributed by atoms with Crippen molar-refractivity contribution in [2.24, 2.45) is 5.84 Å². The molecule has 0 unspecified atom stereocenters. The zero-order valence-electron chi connectivity index (χ0n) is 16.4. The second-order valence-corrected chi connectivity index (χ2v) is 6.83. The van der Waals surface area contributed by atoms with E-state index in [0.717, 1.165) is 5.56 Å². The summed E-state index contributed by atoms with van der Waals surface area (Å²) in [5.74, 6) is 5.18. The Morgan fingerprint density at radius 3 is 2.74 bits per heavy atom. The van der Waals surface area contributed by atoms with Crippen molar-refractivity contribution < 1.29 is 9.18 Å². The second-order valence-electron chi connectivity index (χ2n) is 6.83. The minimum Gasteiger partial charge on any atom is -0.396 e. The lowest BCUT2D eigenvalue weighted by Crippen LogP contribution is -2.12. The summed E-state index contributed by atoms with van der Waals surface area (Å²) in [4.78, 5) is 17.1. The van der Waals surface area contributed by atoms with Gasteiger partial charge in [0, 0.05) is 22.9 Å². The molecule has 0 saturated carbocycles. The van der Waals surface area contributed by atoms with Gasteiger partial charge in [0.05, 0.1) is 29.8 Å². The van der Waals surface area contributed by atoms with Gasteiger partial charge in [-0.15, -0.1) is 0 Å². The van der Waals surface area contributed by atoms with Crippen molar-refractivity contribution in [2.45, 2.75) is 6.54 Å². The van der Waals surface area contributed by atoms with Crippen LogP contribution in [0.1, 0.15) is 15.9 Å². The van der Waals surface area contributed by atoms with Crippen molar-refractivity contribution in [1.82, 2.24) is 14.8 Å². The van der Waals surface area contributed by atoms with Crippen molar-refractivity contribution in [3.05, 3.63) is 90.0 Å². The number of carbonyl (C=O) groups is 1. The molecule has 2 aromatic carbocycles. The van der Waals surface area contributed by atoms with Gasteiger partial charge in [0.15, 0.2) is 5.82 Å². The summed E-state index contributed by atoms with van der Waals surface area (Å²) < 4.78 is 15.4.